The van der Waals surface area contributed by atoms with Gasteiger partial charge in [0.2, 0.25) is 0 Å². The van der Waals surface area contributed by atoms with Gasteiger partial charge in [0.05, 0.1) is 5.92 Å². The maximum absolute atomic E-state index is 11.6. The molecule has 3 heteroatoms. The van der Waals surface area contributed by atoms with Crippen molar-refractivity contribution in [1.29, 1.82) is 0 Å². The van der Waals surface area contributed by atoms with Crippen LogP contribution in [0.2, 0.25) is 0 Å². The van der Waals surface area contributed by atoms with Crippen molar-refractivity contribution in [2.24, 2.45) is 5.92 Å². The molecule has 3 rings (SSSR count). The summed E-state index contributed by atoms with van der Waals surface area (Å²) in [5.74, 6) is -0.942. The molecule has 1 saturated heterocycles. The molecule has 2 atom stereocenters. The quantitative estimate of drug-likeness (QED) is 0.936. The lowest BCUT2D eigenvalue weighted by Crippen LogP contribution is -2.23. The van der Waals surface area contributed by atoms with Gasteiger partial charge in [-0.25, -0.2) is 0 Å². The molecule has 1 N–H and O–H groups in total. The topological polar surface area (TPSA) is 40.5 Å². The van der Waals surface area contributed by atoms with Crippen molar-refractivity contribution in [3.8, 4) is 0 Å². The van der Waals surface area contributed by atoms with Gasteiger partial charge < -0.3 is 5.11 Å². The highest BCUT2D eigenvalue weighted by atomic mass is 16.4. The summed E-state index contributed by atoms with van der Waals surface area (Å²) in [5.41, 5.74) is 2.36. The largest absolute Gasteiger partial charge is 0.481 e. The van der Waals surface area contributed by atoms with Crippen molar-refractivity contribution in [3.05, 3.63) is 71.8 Å². The minimum absolute atomic E-state index is 0.0763. The molecule has 0 amide bonds. The van der Waals surface area contributed by atoms with Crippen LogP contribution in [0.5, 0.6) is 0 Å². The number of rotatable bonds is 4. The van der Waals surface area contributed by atoms with Crippen LogP contribution in [0.15, 0.2) is 60.7 Å². The van der Waals surface area contributed by atoms with E-state index in [2.05, 4.69) is 17.0 Å². The minimum atomic E-state index is -0.695. The molecule has 0 aromatic heterocycles. The van der Waals surface area contributed by atoms with Gasteiger partial charge in [0.1, 0.15) is 0 Å². The zero-order valence-electron chi connectivity index (χ0n) is 11.9. The van der Waals surface area contributed by atoms with Crippen LogP contribution < -0.4 is 0 Å². The molecule has 1 heterocycles. The van der Waals surface area contributed by atoms with Crippen LogP contribution in [0.25, 0.3) is 0 Å². The maximum atomic E-state index is 11.6. The fraction of sp³-hybridized carbons (Fsp3) is 0.278. The average Bonchev–Trinajstić information content (AvgIpc) is 2.93. The summed E-state index contributed by atoms with van der Waals surface area (Å²) in [6, 6.07) is 20.2. The Kier molecular flexibility index (Phi) is 4.02. The van der Waals surface area contributed by atoms with Gasteiger partial charge in [-0.05, 0) is 11.1 Å². The molecule has 2 aromatic rings. The molecule has 3 nitrogen and oxygen atoms in total. The van der Waals surface area contributed by atoms with E-state index >= 15 is 0 Å². The van der Waals surface area contributed by atoms with E-state index in [4.69, 9.17) is 0 Å². The number of nitrogens with zero attached hydrogens (tertiary/aromatic N) is 1. The molecule has 0 aliphatic carbocycles. The van der Waals surface area contributed by atoms with E-state index in [9.17, 15) is 9.90 Å². The monoisotopic (exact) mass is 281 g/mol. The molecule has 0 saturated carbocycles. The molecule has 0 bridgehead atoms. The van der Waals surface area contributed by atoms with E-state index in [1.54, 1.807) is 0 Å². The Balaban J connectivity index is 1.77. The highest BCUT2D eigenvalue weighted by Gasteiger charge is 2.38. The Morgan fingerprint density at radius 3 is 2.24 bits per heavy atom. The van der Waals surface area contributed by atoms with E-state index in [1.165, 1.54) is 5.56 Å². The Morgan fingerprint density at radius 1 is 1.00 bits per heavy atom. The summed E-state index contributed by atoms with van der Waals surface area (Å²) >= 11 is 0. The molecule has 1 fully saturated rings. The lowest BCUT2D eigenvalue weighted by molar-refractivity contribution is -0.141. The van der Waals surface area contributed by atoms with Gasteiger partial charge in [0.25, 0.3) is 0 Å². The van der Waals surface area contributed by atoms with Gasteiger partial charge in [-0.3, -0.25) is 9.69 Å². The number of aliphatic carboxylic acids is 1. The van der Waals surface area contributed by atoms with E-state index < -0.39 is 5.97 Å². The number of hydrogen-bond acceptors (Lipinski definition) is 2. The number of hydrogen-bond donors (Lipinski definition) is 1. The van der Waals surface area contributed by atoms with Crippen LogP contribution in [-0.4, -0.2) is 29.1 Å². The first-order chi connectivity index (χ1) is 10.2. The predicted molar refractivity (Wildman–Crippen MR) is 82.0 cm³/mol. The lowest BCUT2D eigenvalue weighted by Gasteiger charge is -2.16. The molecular formula is C18H19NO2. The molecule has 0 radical (unpaired) electrons. The third-order valence-electron chi connectivity index (χ3n) is 4.19. The van der Waals surface area contributed by atoms with E-state index in [1.807, 2.05) is 48.5 Å². The number of carboxylic acids is 1. The molecule has 2 aromatic carbocycles. The van der Waals surface area contributed by atoms with Gasteiger partial charge in [-0.2, -0.15) is 0 Å². The highest BCUT2D eigenvalue weighted by molar-refractivity contribution is 5.72. The van der Waals surface area contributed by atoms with Gasteiger partial charge in [-0.15, -0.1) is 0 Å². The Labute approximate surface area is 124 Å². The summed E-state index contributed by atoms with van der Waals surface area (Å²) < 4.78 is 0. The molecule has 1 aliphatic rings. The lowest BCUT2D eigenvalue weighted by atomic mass is 9.89. The fourth-order valence-corrected chi connectivity index (χ4v) is 3.14. The van der Waals surface area contributed by atoms with E-state index in [-0.39, 0.29) is 11.8 Å². The van der Waals surface area contributed by atoms with Crippen molar-refractivity contribution in [2.45, 2.75) is 12.5 Å². The maximum Gasteiger partial charge on any atom is 0.308 e. The standard InChI is InChI=1S/C18H19NO2/c20-18(21)17-13-19(11-14-7-3-1-4-8-14)12-16(17)15-9-5-2-6-10-15/h1-10,16-17H,11-13H2,(H,20,21)/t16-,17-/m1/s1. The van der Waals surface area contributed by atoms with Gasteiger partial charge >= 0.3 is 5.97 Å². The van der Waals surface area contributed by atoms with Crippen LogP contribution in [0.1, 0.15) is 17.0 Å². The van der Waals surface area contributed by atoms with Gasteiger partial charge in [-0.1, -0.05) is 60.7 Å². The highest BCUT2D eigenvalue weighted by Crippen LogP contribution is 2.33. The van der Waals surface area contributed by atoms with Crippen molar-refractivity contribution in [2.75, 3.05) is 13.1 Å². The smallest absolute Gasteiger partial charge is 0.308 e. The minimum Gasteiger partial charge on any atom is -0.481 e. The number of likely N-dealkylation sites (tertiary alicyclic amines) is 1. The van der Waals surface area contributed by atoms with Crippen LogP contribution in [0, 0.1) is 5.92 Å². The molecule has 0 unspecified atom stereocenters. The zero-order valence-corrected chi connectivity index (χ0v) is 11.9. The van der Waals surface area contributed by atoms with Gasteiger partial charge in [0.15, 0.2) is 0 Å². The van der Waals surface area contributed by atoms with Crippen LogP contribution >= 0.6 is 0 Å². The Bertz CT molecular complexity index is 597. The van der Waals surface area contributed by atoms with Crippen molar-refractivity contribution in [1.82, 2.24) is 4.90 Å². The van der Waals surface area contributed by atoms with Crippen LogP contribution in [0.4, 0.5) is 0 Å². The van der Waals surface area contributed by atoms with E-state index in [0.29, 0.717) is 6.54 Å². The second kappa shape index (κ2) is 6.10. The second-order valence-electron chi connectivity index (χ2n) is 5.64. The summed E-state index contributed by atoms with van der Waals surface area (Å²) in [6.07, 6.45) is 0. The Hall–Kier alpha value is -2.13. The number of carbonyl (C=O) groups is 1. The molecule has 21 heavy (non-hydrogen) atoms. The number of carboxylic acid groups (broad SMARTS) is 1. The Morgan fingerprint density at radius 2 is 1.62 bits per heavy atom. The number of benzene rings is 2. The van der Waals surface area contributed by atoms with Crippen molar-refractivity contribution < 1.29 is 9.90 Å². The van der Waals surface area contributed by atoms with Gasteiger partial charge in [0, 0.05) is 25.6 Å². The van der Waals surface area contributed by atoms with E-state index in [0.717, 1.165) is 18.7 Å². The summed E-state index contributed by atoms with van der Waals surface area (Å²) in [5, 5.41) is 9.50. The molecular weight excluding hydrogens is 262 g/mol. The predicted octanol–water partition coefficient (Wildman–Crippen LogP) is 2.99. The summed E-state index contributed by atoms with van der Waals surface area (Å²) in [4.78, 5) is 13.8. The first kappa shape index (κ1) is 13.8. The SMILES string of the molecule is O=C(O)[C@@H]1CN(Cc2ccccc2)C[C@@H]1c1ccccc1. The first-order valence-electron chi connectivity index (χ1n) is 7.28. The zero-order chi connectivity index (χ0) is 14.7. The van der Waals surface area contributed by atoms with Crippen molar-refractivity contribution >= 4 is 5.97 Å². The summed E-state index contributed by atoms with van der Waals surface area (Å²) in [7, 11) is 0. The molecule has 108 valence electrons. The second-order valence-corrected chi connectivity index (χ2v) is 5.64. The third kappa shape index (κ3) is 3.14. The summed E-state index contributed by atoms with van der Waals surface area (Å²) in [6.45, 7) is 2.23. The third-order valence-corrected chi connectivity index (χ3v) is 4.19. The van der Waals surface area contributed by atoms with Crippen LogP contribution in [0.3, 0.4) is 0 Å². The first-order valence-corrected chi connectivity index (χ1v) is 7.28. The molecule has 0 spiro atoms. The molecule has 1 aliphatic heterocycles. The fourth-order valence-electron chi connectivity index (χ4n) is 3.14. The van der Waals surface area contributed by atoms with Crippen molar-refractivity contribution in [3.63, 3.8) is 0 Å². The average molecular weight is 281 g/mol. The van der Waals surface area contributed by atoms with Crippen LogP contribution in [-0.2, 0) is 11.3 Å². The normalized spacial score (nSPS) is 22.3.